The Morgan fingerprint density at radius 2 is 1.90 bits per heavy atom. The highest BCUT2D eigenvalue weighted by Crippen LogP contribution is 2.26. The fourth-order valence-corrected chi connectivity index (χ4v) is 4.05. The van der Waals surface area contributed by atoms with E-state index < -0.39 is 0 Å². The van der Waals surface area contributed by atoms with Crippen molar-refractivity contribution in [3.8, 4) is 5.75 Å². The number of ether oxygens (including phenoxy) is 1. The molecule has 2 aromatic heterocycles. The van der Waals surface area contributed by atoms with Gasteiger partial charge in [-0.15, -0.1) is 10.2 Å². The van der Waals surface area contributed by atoms with Crippen molar-refractivity contribution in [2.24, 2.45) is 0 Å². The molecule has 0 radical (unpaired) electrons. The summed E-state index contributed by atoms with van der Waals surface area (Å²) >= 11 is 0. The van der Waals surface area contributed by atoms with E-state index >= 15 is 0 Å². The van der Waals surface area contributed by atoms with Gasteiger partial charge in [-0.3, -0.25) is 9.20 Å². The van der Waals surface area contributed by atoms with Crippen molar-refractivity contribution in [2.45, 2.75) is 18.8 Å². The smallest absolute Gasteiger partial charge is 0.260 e. The normalized spacial score (nSPS) is 17.0. The number of rotatable bonds is 4. The monoisotopic (exact) mass is 386 g/mol. The minimum absolute atomic E-state index is 0.0108. The molecular formula is C23H22N4O2. The molecule has 6 nitrogen and oxygen atoms in total. The third kappa shape index (κ3) is 3.53. The molecule has 1 amide bonds. The molecule has 1 unspecified atom stereocenters. The Morgan fingerprint density at radius 3 is 2.83 bits per heavy atom. The second kappa shape index (κ2) is 7.54. The number of hydrogen-bond donors (Lipinski definition) is 0. The average Bonchev–Trinajstić information content (AvgIpc) is 3.21. The third-order valence-corrected chi connectivity index (χ3v) is 5.56. The lowest BCUT2D eigenvalue weighted by Crippen LogP contribution is -2.42. The van der Waals surface area contributed by atoms with Crippen LogP contribution in [0.25, 0.3) is 16.4 Å². The standard InChI is InChI=1S/C23H22N4O2/c28-22(16-29-20-11-10-17-6-1-2-7-18(17)14-20)26-12-5-8-19(15-26)23-25-24-21-9-3-4-13-27(21)23/h1-4,6-7,9-11,13-14,19H,5,8,12,15-16H2. The summed E-state index contributed by atoms with van der Waals surface area (Å²) in [6.07, 6.45) is 3.94. The largest absolute Gasteiger partial charge is 0.484 e. The lowest BCUT2D eigenvalue weighted by Gasteiger charge is -2.31. The number of carbonyl (C=O) groups excluding carboxylic acids is 1. The summed E-state index contributed by atoms with van der Waals surface area (Å²) in [4.78, 5) is 14.7. The highest BCUT2D eigenvalue weighted by atomic mass is 16.5. The summed E-state index contributed by atoms with van der Waals surface area (Å²) in [5, 5.41) is 10.9. The Kier molecular flexibility index (Phi) is 4.60. The maximum Gasteiger partial charge on any atom is 0.260 e. The molecule has 0 bridgehead atoms. The van der Waals surface area contributed by atoms with Crippen molar-refractivity contribution in [1.82, 2.24) is 19.5 Å². The molecule has 146 valence electrons. The number of benzene rings is 2. The zero-order valence-electron chi connectivity index (χ0n) is 16.1. The summed E-state index contributed by atoms with van der Waals surface area (Å²) in [6, 6.07) is 19.9. The van der Waals surface area contributed by atoms with E-state index in [2.05, 4.69) is 16.3 Å². The van der Waals surface area contributed by atoms with Gasteiger partial charge in [0, 0.05) is 25.2 Å². The second-order valence-electron chi connectivity index (χ2n) is 7.46. The van der Waals surface area contributed by atoms with Crippen LogP contribution < -0.4 is 4.74 Å². The lowest BCUT2D eigenvalue weighted by molar-refractivity contribution is -0.134. The van der Waals surface area contributed by atoms with Crippen molar-refractivity contribution in [1.29, 1.82) is 0 Å². The van der Waals surface area contributed by atoms with Crippen LogP contribution in [0, 0.1) is 0 Å². The first kappa shape index (κ1) is 17.7. The van der Waals surface area contributed by atoms with E-state index in [4.69, 9.17) is 4.74 Å². The van der Waals surface area contributed by atoms with Crippen LogP contribution in [0.5, 0.6) is 5.75 Å². The predicted molar refractivity (Wildman–Crippen MR) is 111 cm³/mol. The number of piperidine rings is 1. The van der Waals surface area contributed by atoms with E-state index in [1.165, 1.54) is 0 Å². The molecular weight excluding hydrogens is 364 g/mol. The molecule has 2 aromatic carbocycles. The zero-order chi connectivity index (χ0) is 19.6. The van der Waals surface area contributed by atoms with Crippen molar-refractivity contribution in [3.63, 3.8) is 0 Å². The van der Waals surface area contributed by atoms with E-state index in [0.717, 1.165) is 41.6 Å². The number of likely N-dealkylation sites (tertiary alicyclic amines) is 1. The Hall–Kier alpha value is -3.41. The first-order valence-corrected chi connectivity index (χ1v) is 9.97. The van der Waals surface area contributed by atoms with Gasteiger partial charge < -0.3 is 9.64 Å². The van der Waals surface area contributed by atoms with Crippen molar-refractivity contribution >= 4 is 22.3 Å². The van der Waals surface area contributed by atoms with Crippen LogP contribution in [-0.4, -0.2) is 45.1 Å². The summed E-state index contributed by atoms with van der Waals surface area (Å²) < 4.78 is 7.82. The number of pyridine rings is 1. The van der Waals surface area contributed by atoms with E-state index in [9.17, 15) is 4.79 Å². The Labute approximate surface area is 168 Å². The quantitative estimate of drug-likeness (QED) is 0.537. The minimum Gasteiger partial charge on any atom is -0.484 e. The van der Waals surface area contributed by atoms with E-state index in [1.807, 2.05) is 70.1 Å². The fraction of sp³-hybridized carbons (Fsp3) is 0.261. The van der Waals surface area contributed by atoms with Gasteiger partial charge >= 0.3 is 0 Å². The van der Waals surface area contributed by atoms with Crippen molar-refractivity contribution < 1.29 is 9.53 Å². The van der Waals surface area contributed by atoms with Gasteiger partial charge in [0.15, 0.2) is 12.3 Å². The highest BCUT2D eigenvalue weighted by Gasteiger charge is 2.28. The van der Waals surface area contributed by atoms with Crippen LogP contribution in [0.2, 0.25) is 0 Å². The van der Waals surface area contributed by atoms with Gasteiger partial charge in [0.2, 0.25) is 0 Å². The molecule has 6 heteroatoms. The van der Waals surface area contributed by atoms with Crippen LogP contribution in [-0.2, 0) is 4.79 Å². The van der Waals surface area contributed by atoms with Crippen molar-refractivity contribution in [3.05, 3.63) is 72.7 Å². The van der Waals surface area contributed by atoms with Gasteiger partial charge in [0.25, 0.3) is 5.91 Å². The number of hydrogen-bond acceptors (Lipinski definition) is 4. The van der Waals surface area contributed by atoms with Crippen molar-refractivity contribution in [2.75, 3.05) is 19.7 Å². The number of nitrogens with zero attached hydrogens (tertiary/aromatic N) is 4. The predicted octanol–water partition coefficient (Wildman–Crippen LogP) is 3.67. The molecule has 1 aliphatic rings. The summed E-state index contributed by atoms with van der Waals surface area (Å²) in [7, 11) is 0. The fourth-order valence-electron chi connectivity index (χ4n) is 4.05. The van der Waals surface area contributed by atoms with Crippen LogP contribution >= 0.6 is 0 Å². The van der Waals surface area contributed by atoms with Gasteiger partial charge in [0.1, 0.15) is 11.6 Å². The van der Waals surface area contributed by atoms with Crippen LogP contribution in [0.15, 0.2) is 66.9 Å². The first-order chi connectivity index (χ1) is 14.3. The van der Waals surface area contributed by atoms with Gasteiger partial charge in [-0.1, -0.05) is 36.4 Å². The molecule has 1 atom stereocenters. The number of amides is 1. The molecule has 29 heavy (non-hydrogen) atoms. The number of aromatic nitrogens is 3. The summed E-state index contributed by atoms with van der Waals surface area (Å²) in [5.41, 5.74) is 0.839. The molecule has 0 aliphatic carbocycles. The Bertz CT molecular complexity index is 1170. The Morgan fingerprint density at radius 1 is 1.03 bits per heavy atom. The van der Waals surface area contributed by atoms with Gasteiger partial charge in [-0.05, 0) is 47.9 Å². The molecule has 1 aliphatic heterocycles. The van der Waals surface area contributed by atoms with Gasteiger partial charge in [-0.25, -0.2) is 0 Å². The Balaban J connectivity index is 1.26. The highest BCUT2D eigenvalue weighted by molar-refractivity contribution is 5.84. The molecule has 1 fully saturated rings. The molecule has 0 saturated carbocycles. The van der Waals surface area contributed by atoms with Gasteiger partial charge in [-0.2, -0.15) is 0 Å². The molecule has 5 rings (SSSR count). The average molecular weight is 386 g/mol. The van der Waals surface area contributed by atoms with E-state index in [0.29, 0.717) is 12.3 Å². The van der Waals surface area contributed by atoms with Crippen LogP contribution in [0.1, 0.15) is 24.6 Å². The topological polar surface area (TPSA) is 59.7 Å². The van der Waals surface area contributed by atoms with E-state index in [-0.39, 0.29) is 18.4 Å². The van der Waals surface area contributed by atoms with E-state index in [1.54, 1.807) is 0 Å². The van der Waals surface area contributed by atoms with Gasteiger partial charge in [0.05, 0.1) is 0 Å². The third-order valence-electron chi connectivity index (χ3n) is 5.56. The first-order valence-electron chi connectivity index (χ1n) is 9.97. The SMILES string of the molecule is O=C(COc1ccc2ccccc2c1)N1CCCC(c2nnc3ccccn23)C1. The molecule has 4 aromatic rings. The lowest BCUT2D eigenvalue weighted by atomic mass is 9.97. The molecule has 0 spiro atoms. The molecule has 1 saturated heterocycles. The van der Waals surface area contributed by atoms with Crippen LogP contribution in [0.3, 0.4) is 0 Å². The maximum absolute atomic E-state index is 12.8. The number of carbonyl (C=O) groups is 1. The number of fused-ring (bicyclic) bond motifs is 2. The molecule has 0 N–H and O–H groups in total. The van der Waals surface area contributed by atoms with Crippen LogP contribution in [0.4, 0.5) is 0 Å². The zero-order valence-corrected chi connectivity index (χ0v) is 16.1. The minimum atomic E-state index is 0.0108. The summed E-state index contributed by atoms with van der Waals surface area (Å²) in [6.45, 7) is 1.45. The molecule has 3 heterocycles. The maximum atomic E-state index is 12.8. The summed E-state index contributed by atoms with van der Waals surface area (Å²) in [5.74, 6) is 1.84. The second-order valence-corrected chi connectivity index (χ2v) is 7.46.